The van der Waals surface area contributed by atoms with Crippen LogP contribution in [0, 0.1) is 11.6 Å². The van der Waals surface area contributed by atoms with Gasteiger partial charge < -0.3 is 48.4 Å². The molecular formula is C61H72Cl4F2N14O8S. The predicted molar refractivity (Wildman–Crippen MR) is 341 cm³/mol. The molecule has 6 aromatic heterocycles. The summed E-state index contributed by atoms with van der Waals surface area (Å²) in [6, 6.07) is 6.94. The Morgan fingerprint density at radius 2 is 1.04 bits per heavy atom. The minimum absolute atomic E-state index is 0.0381. The highest BCUT2D eigenvalue weighted by Gasteiger charge is 2.31. The van der Waals surface area contributed by atoms with Crippen LogP contribution in [-0.2, 0) is 19.3 Å². The first-order valence-corrected chi connectivity index (χ1v) is 34.3. The molecule has 0 amide bonds. The molecule has 6 aliphatic rings. The number of nitrogens with zero attached hydrogens (tertiary/aromatic N) is 14. The van der Waals surface area contributed by atoms with E-state index in [9.17, 15) is 8.42 Å². The molecular weight excluding hydrogens is 1270 g/mol. The molecule has 29 heteroatoms. The van der Waals surface area contributed by atoms with Crippen LogP contribution in [0.3, 0.4) is 0 Å². The predicted octanol–water partition coefficient (Wildman–Crippen LogP) is 12.6. The molecule has 90 heavy (non-hydrogen) atoms. The third kappa shape index (κ3) is 13.9. The largest absolute Gasteiger partial charge is 0.462 e. The van der Waals surface area contributed by atoms with E-state index in [1.807, 2.05) is 4.90 Å². The molecule has 22 nitrogen and oxygen atoms in total. The fourth-order valence-electron chi connectivity index (χ4n) is 12.6. The summed E-state index contributed by atoms with van der Waals surface area (Å²) >= 11 is 25.9. The number of pyridine rings is 2. The molecule has 0 saturated carbocycles. The molecule has 2 aromatic carbocycles. The highest BCUT2D eigenvalue weighted by atomic mass is 35.5. The zero-order chi connectivity index (χ0) is 62.8. The summed E-state index contributed by atoms with van der Waals surface area (Å²) in [4.78, 5) is 35.8. The summed E-state index contributed by atoms with van der Waals surface area (Å²) in [5.74, 6) is -0.213. The number of sulfone groups is 1. The summed E-state index contributed by atoms with van der Waals surface area (Å²) in [6.07, 6.45) is 19.8. The summed E-state index contributed by atoms with van der Waals surface area (Å²) in [5, 5.41) is 19.2. The molecule has 0 spiro atoms. The first-order chi connectivity index (χ1) is 43.5. The van der Waals surface area contributed by atoms with Crippen LogP contribution in [0.4, 0.5) is 20.4 Å². The second kappa shape index (κ2) is 28.2. The van der Waals surface area contributed by atoms with E-state index < -0.39 is 21.5 Å². The van der Waals surface area contributed by atoms with E-state index in [0.29, 0.717) is 101 Å². The number of aliphatic hydroxyl groups excluding tert-OH is 1. The standard InChI is InChI=1S/C30H34Cl2FN7O3.C25H25Cl2FN6O4S.C6H13NO/c1-38-10-7-8-18(38)17-42-30-36-26-19(28(37-30)39-11-4-2-5-12-39)14-23(31)35-29(26)43-27-20-16-34-40(24-9-3-6-13-41-24)22(20)15-21(33)25(27)32;1-39(35,36)25-31-21-14(23(32-25)33-8-4-2-5-9-33)11-18(26)30-24(21)38-22-15-13-29-34(19-7-3-6-10-37-19)17(15)12-16(28)20(22)27;1-7-4-2-3-6(7)5-8/h14-16,18,24H,2-13,17H2,1H3;11-13,19H,2-10H2,1H3;6,8H,2-5H2,1H3/t18-,24?;;6-/m0.0/s1. The Kier molecular flexibility index (Phi) is 20.1. The first-order valence-electron chi connectivity index (χ1n) is 30.9. The molecule has 2 unspecified atom stereocenters. The Morgan fingerprint density at radius 3 is 1.48 bits per heavy atom. The highest BCUT2D eigenvalue weighted by molar-refractivity contribution is 7.90. The van der Waals surface area contributed by atoms with Crippen molar-refractivity contribution in [1.82, 2.24) is 59.3 Å². The van der Waals surface area contributed by atoms with Crippen LogP contribution in [0.5, 0.6) is 29.3 Å². The van der Waals surface area contributed by atoms with Gasteiger partial charge in [-0.05, 0) is 142 Å². The summed E-state index contributed by atoms with van der Waals surface area (Å²) in [5.41, 5.74) is 1.48. The van der Waals surface area contributed by atoms with Gasteiger partial charge in [0.05, 0.1) is 51.6 Å². The average molecular weight is 1340 g/mol. The smallest absolute Gasteiger partial charge is 0.319 e. The number of hydrogen-bond donors (Lipinski definition) is 1. The Labute approximate surface area is 539 Å². The quantitative estimate of drug-likeness (QED) is 0.0836. The van der Waals surface area contributed by atoms with Crippen LogP contribution in [-0.4, -0.2) is 171 Å². The summed E-state index contributed by atoms with van der Waals surface area (Å²) in [6.45, 7) is 7.32. The number of fused-ring (bicyclic) bond motifs is 4. The van der Waals surface area contributed by atoms with Crippen LogP contribution in [0.1, 0.15) is 115 Å². The van der Waals surface area contributed by atoms with Gasteiger partial charge in [0.2, 0.25) is 26.8 Å². The van der Waals surface area contributed by atoms with E-state index in [1.165, 1.54) is 37.6 Å². The van der Waals surface area contributed by atoms with Gasteiger partial charge in [0.15, 0.2) is 24.0 Å². The molecule has 4 atom stereocenters. The molecule has 482 valence electrons. The number of piperidine rings is 2. The molecule has 6 fully saturated rings. The van der Waals surface area contributed by atoms with Crippen LogP contribution >= 0.6 is 46.4 Å². The Balaban J connectivity index is 0.000000156. The van der Waals surface area contributed by atoms with Gasteiger partial charge in [0.25, 0.3) is 0 Å². The minimum atomic E-state index is -3.79. The van der Waals surface area contributed by atoms with Crippen molar-refractivity contribution < 1.29 is 46.0 Å². The van der Waals surface area contributed by atoms with Crippen molar-refractivity contribution in [2.75, 3.05) is 95.8 Å². The Bertz CT molecular complexity index is 4020. The Morgan fingerprint density at radius 1 is 0.567 bits per heavy atom. The van der Waals surface area contributed by atoms with E-state index in [-0.39, 0.29) is 72.7 Å². The fourth-order valence-corrected chi connectivity index (χ4v) is 13.9. The van der Waals surface area contributed by atoms with Gasteiger partial charge in [-0.1, -0.05) is 46.4 Å². The van der Waals surface area contributed by atoms with E-state index in [4.69, 9.17) is 85.2 Å². The monoisotopic (exact) mass is 1340 g/mol. The van der Waals surface area contributed by atoms with Gasteiger partial charge in [0, 0.05) is 69.9 Å². The number of anilines is 2. The molecule has 14 rings (SSSR count). The molecule has 8 aromatic rings. The second-order valence-corrected chi connectivity index (χ2v) is 27.2. The number of rotatable bonds is 13. The van der Waals surface area contributed by atoms with Gasteiger partial charge in [-0.15, -0.1) is 0 Å². The molecule has 0 radical (unpaired) electrons. The molecule has 6 aliphatic heterocycles. The Hall–Kier alpha value is -5.87. The van der Waals surface area contributed by atoms with E-state index >= 15 is 8.78 Å². The van der Waals surface area contributed by atoms with Crippen molar-refractivity contribution in [3.05, 3.63) is 68.6 Å². The number of hydrogen-bond acceptors (Lipinski definition) is 20. The molecule has 6 saturated heterocycles. The lowest BCUT2D eigenvalue weighted by atomic mass is 10.1. The molecule has 1 N–H and O–H groups in total. The van der Waals surface area contributed by atoms with Crippen LogP contribution < -0.4 is 24.0 Å². The lowest BCUT2D eigenvalue weighted by Crippen LogP contribution is -2.32. The van der Waals surface area contributed by atoms with Crippen LogP contribution in [0.25, 0.3) is 43.6 Å². The number of likely N-dealkylation sites (tertiary alicyclic amines) is 2. The van der Waals surface area contributed by atoms with Crippen LogP contribution in [0.2, 0.25) is 20.4 Å². The van der Waals surface area contributed by atoms with Gasteiger partial charge in [-0.3, -0.25) is 0 Å². The SMILES string of the molecule is CN1CCC[C@H]1CO.CN1CCC[C@H]1COc1nc(N2CCCCC2)c2cc(Cl)nc(Oc3c(Cl)c(F)cc4c3cnn4C3CCCCO3)c2n1.CS(=O)(=O)c1nc(N2CCCCC2)c2cc(Cl)nc(Oc3c(Cl)c(F)cc4c3cnn4C3CCCCO3)c2n1. The number of aromatic nitrogens is 10. The maximum atomic E-state index is 15.3. The number of benzene rings is 2. The van der Waals surface area contributed by atoms with E-state index in [2.05, 4.69) is 58.9 Å². The van der Waals surface area contributed by atoms with Gasteiger partial charge in [-0.25, -0.2) is 36.5 Å². The van der Waals surface area contributed by atoms with Gasteiger partial charge in [0.1, 0.15) is 61.3 Å². The lowest BCUT2D eigenvalue weighted by Gasteiger charge is -2.29. The highest BCUT2D eigenvalue weighted by Crippen LogP contribution is 2.45. The normalized spacial score (nSPS) is 21.2. The van der Waals surface area contributed by atoms with Crippen molar-refractivity contribution in [2.24, 2.45) is 0 Å². The third-order valence-electron chi connectivity index (χ3n) is 17.5. The minimum Gasteiger partial charge on any atom is -0.462 e. The number of halogens is 6. The first kappa shape index (κ1) is 64.2. The zero-order valence-electron chi connectivity index (χ0n) is 50.4. The van der Waals surface area contributed by atoms with Crippen molar-refractivity contribution in [2.45, 2.75) is 132 Å². The van der Waals surface area contributed by atoms with Crippen molar-refractivity contribution >= 4 is 111 Å². The number of likely N-dealkylation sites (N-methyl/N-ethyl adjacent to an activating group) is 2. The fraction of sp³-hybridized carbons (Fsp3) is 0.541. The molecule has 0 aliphatic carbocycles. The topological polar surface area (TPSA) is 226 Å². The van der Waals surface area contributed by atoms with Crippen LogP contribution in [0.15, 0.2) is 41.8 Å². The number of ether oxygens (including phenoxy) is 5. The van der Waals surface area contributed by atoms with Gasteiger partial charge >= 0.3 is 6.01 Å². The van der Waals surface area contributed by atoms with E-state index in [1.54, 1.807) is 27.7 Å². The maximum absolute atomic E-state index is 15.3. The van der Waals surface area contributed by atoms with Crippen molar-refractivity contribution in [1.29, 1.82) is 0 Å². The molecule has 0 bridgehead atoms. The lowest BCUT2D eigenvalue weighted by molar-refractivity contribution is -0.0368. The maximum Gasteiger partial charge on any atom is 0.319 e. The summed E-state index contributed by atoms with van der Waals surface area (Å²) in [7, 11) is 0.373. The number of aliphatic hydroxyl groups is 1. The van der Waals surface area contributed by atoms with Crippen molar-refractivity contribution in [3.63, 3.8) is 0 Å². The second-order valence-electron chi connectivity index (χ2n) is 23.8. The summed E-state index contributed by atoms with van der Waals surface area (Å²) < 4.78 is 89.3. The van der Waals surface area contributed by atoms with E-state index in [0.717, 1.165) is 116 Å². The third-order valence-corrected chi connectivity index (χ3v) is 19.5. The molecule has 12 heterocycles. The average Bonchev–Trinajstić information content (AvgIpc) is 1.34. The van der Waals surface area contributed by atoms with Gasteiger partial charge in [-0.2, -0.15) is 30.1 Å². The van der Waals surface area contributed by atoms with Crippen molar-refractivity contribution in [3.8, 4) is 29.3 Å². The zero-order valence-corrected chi connectivity index (χ0v) is 54.2.